The van der Waals surface area contributed by atoms with Crippen molar-refractivity contribution in [2.45, 2.75) is 0 Å². The van der Waals surface area contributed by atoms with Crippen LogP contribution in [0.4, 0.5) is 5.69 Å². The summed E-state index contributed by atoms with van der Waals surface area (Å²) in [5.74, 6) is 0. The Morgan fingerprint density at radius 2 is 1.29 bits per heavy atom. The zero-order valence-electron chi connectivity index (χ0n) is 11.9. The van der Waals surface area contributed by atoms with Crippen molar-refractivity contribution >= 4 is 34.4 Å². The molecule has 1 heterocycles. The molecule has 0 radical (unpaired) electrons. The van der Waals surface area contributed by atoms with Gasteiger partial charge in [-0.15, -0.1) is 0 Å². The summed E-state index contributed by atoms with van der Waals surface area (Å²) in [5, 5.41) is 0.389. The average Bonchev–Trinajstić information content (AvgIpc) is 2.90. The number of hydrogen-bond donors (Lipinski definition) is 0. The molecular formula is C17H15N3S. The predicted molar refractivity (Wildman–Crippen MR) is 92.9 cm³/mol. The monoisotopic (exact) mass is 293 g/mol. The Labute approximate surface area is 129 Å². The molecule has 0 spiro atoms. The summed E-state index contributed by atoms with van der Waals surface area (Å²) in [7, 11) is 4.04. The normalized spacial score (nSPS) is 13.9. The fourth-order valence-corrected chi connectivity index (χ4v) is 2.42. The summed E-state index contributed by atoms with van der Waals surface area (Å²) in [5.41, 5.74) is 4.91. The summed E-state index contributed by atoms with van der Waals surface area (Å²) in [6.07, 6.45) is 0. The highest BCUT2D eigenvalue weighted by Crippen LogP contribution is 2.18. The average molecular weight is 293 g/mol. The van der Waals surface area contributed by atoms with E-state index in [1.54, 1.807) is 0 Å². The van der Waals surface area contributed by atoms with Gasteiger partial charge in [0.2, 0.25) is 5.11 Å². The number of nitrogens with zero attached hydrogens (tertiary/aromatic N) is 3. The van der Waals surface area contributed by atoms with Crippen LogP contribution in [0.5, 0.6) is 0 Å². The van der Waals surface area contributed by atoms with Gasteiger partial charge >= 0.3 is 0 Å². The van der Waals surface area contributed by atoms with Crippen LogP contribution in [0.25, 0.3) is 0 Å². The van der Waals surface area contributed by atoms with E-state index in [1.807, 2.05) is 44.4 Å². The minimum atomic E-state index is 0.389. The Morgan fingerprint density at radius 3 is 1.81 bits per heavy atom. The molecule has 2 aromatic rings. The number of thiocarbonyl (C=S) groups is 1. The molecular weight excluding hydrogens is 278 g/mol. The second kappa shape index (κ2) is 5.58. The van der Waals surface area contributed by atoms with Crippen molar-refractivity contribution in [3.8, 4) is 0 Å². The van der Waals surface area contributed by atoms with Crippen LogP contribution < -0.4 is 4.90 Å². The molecule has 21 heavy (non-hydrogen) atoms. The molecule has 1 aliphatic heterocycles. The third-order valence-corrected chi connectivity index (χ3v) is 3.53. The van der Waals surface area contributed by atoms with E-state index < -0.39 is 0 Å². The molecule has 104 valence electrons. The smallest absolute Gasteiger partial charge is 0.220 e. The molecule has 0 fully saturated rings. The molecule has 0 aliphatic carbocycles. The summed E-state index contributed by atoms with van der Waals surface area (Å²) >= 11 is 5.16. The van der Waals surface area contributed by atoms with Crippen LogP contribution in [0.2, 0.25) is 0 Å². The Kier molecular flexibility index (Phi) is 3.62. The Bertz CT molecular complexity index is 728. The van der Waals surface area contributed by atoms with Gasteiger partial charge in [0.05, 0.1) is 11.4 Å². The maximum absolute atomic E-state index is 5.16. The lowest BCUT2D eigenvalue weighted by Gasteiger charge is -2.13. The Balaban J connectivity index is 1.99. The minimum Gasteiger partial charge on any atom is -0.378 e. The van der Waals surface area contributed by atoms with Crippen LogP contribution in [0.1, 0.15) is 11.1 Å². The molecule has 0 aromatic heterocycles. The van der Waals surface area contributed by atoms with Crippen molar-refractivity contribution in [2.24, 2.45) is 9.98 Å². The third kappa shape index (κ3) is 2.76. The Morgan fingerprint density at radius 1 is 0.762 bits per heavy atom. The van der Waals surface area contributed by atoms with E-state index >= 15 is 0 Å². The summed E-state index contributed by atoms with van der Waals surface area (Å²) in [6.45, 7) is 0. The van der Waals surface area contributed by atoms with Gasteiger partial charge in [-0.05, 0) is 24.4 Å². The fourth-order valence-electron chi connectivity index (χ4n) is 2.24. The molecule has 0 amide bonds. The van der Waals surface area contributed by atoms with E-state index in [1.165, 1.54) is 0 Å². The van der Waals surface area contributed by atoms with Crippen molar-refractivity contribution in [3.05, 3.63) is 65.7 Å². The largest absolute Gasteiger partial charge is 0.378 e. The van der Waals surface area contributed by atoms with Gasteiger partial charge in [0, 0.05) is 30.9 Å². The molecule has 3 rings (SSSR count). The van der Waals surface area contributed by atoms with Gasteiger partial charge < -0.3 is 4.90 Å². The molecule has 0 saturated carbocycles. The van der Waals surface area contributed by atoms with Crippen LogP contribution in [0.3, 0.4) is 0 Å². The number of benzene rings is 2. The van der Waals surface area contributed by atoms with Gasteiger partial charge in [-0.3, -0.25) is 0 Å². The van der Waals surface area contributed by atoms with Gasteiger partial charge in [0.25, 0.3) is 0 Å². The van der Waals surface area contributed by atoms with Gasteiger partial charge in [-0.2, -0.15) is 0 Å². The minimum absolute atomic E-state index is 0.389. The second-order valence-corrected chi connectivity index (χ2v) is 5.38. The summed E-state index contributed by atoms with van der Waals surface area (Å²) < 4.78 is 0. The number of aliphatic imine (C=N–C) groups is 2. The molecule has 0 atom stereocenters. The van der Waals surface area contributed by atoms with Gasteiger partial charge in [0.1, 0.15) is 0 Å². The quantitative estimate of drug-likeness (QED) is 0.812. The van der Waals surface area contributed by atoms with Crippen molar-refractivity contribution in [3.63, 3.8) is 0 Å². The lowest BCUT2D eigenvalue weighted by atomic mass is 10.00. The topological polar surface area (TPSA) is 28.0 Å². The first-order chi connectivity index (χ1) is 10.1. The third-order valence-electron chi connectivity index (χ3n) is 3.34. The number of hydrogen-bond acceptors (Lipinski definition) is 2. The van der Waals surface area contributed by atoms with E-state index in [4.69, 9.17) is 12.2 Å². The van der Waals surface area contributed by atoms with Crippen molar-refractivity contribution in [1.82, 2.24) is 0 Å². The van der Waals surface area contributed by atoms with Crippen LogP contribution in [-0.2, 0) is 0 Å². The SMILES string of the molecule is CN(C)c1ccc(C2=NC(=S)N=C2c2ccccc2)cc1. The van der Waals surface area contributed by atoms with E-state index in [0.717, 1.165) is 28.2 Å². The molecule has 0 N–H and O–H groups in total. The summed E-state index contributed by atoms with van der Waals surface area (Å²) in [6, 6.07) is 18.3. The predicted octanol–water partition coefficient (Wildman–Crippen LogP) is 3.33. The maximum Gasteiger partial charge on any atom is 0.220 e. The molecule has 4 heteroatoms. The standard InChI is InChI=1S/C17H15N3S/c1-20(2)14-10-8-13(9-11-14)16-15(18-17(21)19-16)12-6-4-3-5-7-12/h3-11H,1-2H3. The van der Waals surface area contributed by atoms with Crippen LogP contribution in [0, 0.1) is 0 Å². The first-order valence-electron chi connectivity index (χ1n) is 6.70. The van der Waals surface area contributed by atoms with Crippen LogP contribution in [0.15, 0.2) is 64.6 Å². The zero-order chi connectivity index (χ0) is 14.8. The highest BCUT2D eigenvalue weighted by molar-refractivity contribution is 7.80. The molecule has 0 bridgehead atoms. The van der Waals surface area contributed by atoms with E-state index in [-0.39, 0.29) is 0 Å². The first kappa shape index (κ1) is 13.6. The molecule has 3 nitrogen and oxygen atoms in total. The summed E-state index contributed by atoms with van der Waals surface area (Å²) in [4.78, 5) is 10.9. The van der Waals surface area contributed by atoms with Crippen LogP contribution in [-0.4, -0.2) is 30.6 Å². The second-order valence-electron chi connectivity index (χ2n) is 5.01. The van der Waals surface area contributed by atoms with E-state index in [0.29, 0.717) is 5.11 Å². The van der Waals surface area contributed by atoms with Gasteiger partial charge in [0.15, 0.2) is 0 Å². The number of rotatable bonds is 3. The fraction of sp³-hybridized carbons (Fsp3) is 0.118. The van der Waals surface area contributed by atoms with Gasteiger partial charge in [-0.25, -0.2) is 9.98 Å². The molecule has 0 saturated heterocycles. The Hall–Kier alpha value is -2.33. The van der Waals surface area contributed by atoms with Crippen LogP contribution >= 0.6 is 12.2 Å². The van der Waals surface area contributed by atoms with E-state index in [2.05, 4.69) is 39.2 Å². The molecule has 0 unspecified atom stereocenters. The highest BCUT2D eigenvalue weighted by atomic mass is 32.1. The number of anilines is 1. The van der Waals surface area contributed by atoms with Gasteiger partial charge in [-0.1, -0.05) is 42.5 Å². The maximum atomic E-state index is 5.16. The van der Waals surface area contributed by atoms with Crippen molar-refractivity contribution in [1.29, 1.82) is 0 Å². The first-order valence-corrected chi connectivity index (χ1v) is 7.11. The molecule has 1 aliphatic rings. The lowest BCUT2D eigenvalue weighted by molar-refractivity contribution is 1.13. The zero-order valence-corrected chi connectivity index (χ0v) is 12.8. The van der Waals surface area contributed by atoms with Crippen molar-refractivity contribution in [2.75, 3.05) is 19.0 Å². The van der Waals surface area contributed by atoms with E-state index in [9.17, 15) is 0 Å². The highest BCUT2D eigenvalue weighted by Gasteiger charge is 2.20. The lowest BCUT2D eigenvalue weighted by Crippen LogP contribution is -2.14. The van der Waals surface area contributed by atoms with Crippen molar-refractivity contribution < 1.29 is 0 Å². The molecule has 2 aromatic carbocycles.